The van der Waals surface area contributed by atoms with Crippen molar-refractivity contribution in [3.05, 3.63) is 120 Å². The predicted octanol–water partition coefficient (Wildman–Crippen LogP) is 6.18. The van der Waals surface area contributed by atoms with E-state index in [1.165, 1.54) is 4.31 Å². The standard InChI is InChI=1S/C26H23NO3S/c1-21-12-18-26(19-13-21)31(28,29)27(20-22-8-4-2-5-9-22)23-14-16-25(17-15-23)30-24-10-6-3-7-11-24/h2-19H,20H2,1H3. The Hall–Kier alpha value is -3.57. The summed E-state index contributed by atoms with van der Waals surface area (Å²) in [6.07, 6.45) is 0. The molecule has 0 aliphatic heterocycles. The lowest BCUT2D eigenvalue weighted by atomic mass is 10.2. The SMILES string of the molecule is Cc1ccc(S(=O)(=O)N(Cc2ccccc2)c2ccc(Oc3ccccc3)cc2)cc1. The molecule has 0 spiro atoms. The Labute approximate surface area is 183 Å². The molecule has 0 heterocycles. The summed E-state index contributed by atoms with van der Waals surface area (Å²) in [5.74, 6) is 1.37. The molecular formula is C26H23NO3S. The Morgan fingerprint density at radius 2 is 1.23 bits per heavy atom. The van der Waals surface area contributed by atoms with Crippen LogP contribution in [0, 0.1) is 6.92 Å². The van der Waals surface area contributed by atoms with Crippen LogP contribution in [0.4, 0.5) is 5.69 Å². The maximum atomic E-state index is 13.5. The van der Waals surface area contributed by atoms with Gasteiger partial charge in [0.2, 0.25) is 0 Å². The normalized spacial score (nSPS) is 11.1. The lowest BCUT2D eigenvalue weighted by Gasteiger charge is -2.25. The second kappa shape index (κ2) is 9.06. The summed E-state index contributed by atoms with van der Waals surface area (Å²) in [7, 11) is -3.75. The average molecular weight is 430 g/mol. The molecule has 4 aromatic rings. The number of sulfonamides is 1. The number of ether oxygens (including phenoxy) is 1. The Morgan fingerprint density at radius 3 is 1.84 bits per heavy atom. The highest BCUT2D eigenvalue weighted by Gasteiger charge is 2.25. The van der Waals surface area contributed by atoms with Crippen LogP contribution in [0.5, 0.6) is 11.5 Å². The fourth-order valence-electron chi connectivity index (χ4n) is 3.21. The van der Waals surface area contributed by atoms with Crippen LogP contribution in [-0.2, 0) is 16.6 Å². The molecule has 5 heteroatoms. The van der Waals surface area contributed by atoms with Crippen LogP contribution in [0.25, 0.3) is 0 Å². The maximum Gasteiger partial charge on any atom is 0.264 e. The summed E-state index contributed by atoms with van der Waals surface area (Å²) in [4.78, 5) is 0.263. The van der Waals surface area contributed by atoms with Gasteiger partial charge in [-0.3, -0.25) is 4.31 Å². The Bertz CT molecular complexity index is 1220. The van der Waals surface area contributed by atoms with Crippen molar-refractivity contribution >= 4 is 15.7 Å². The second-order valence-corrected chi connectivity index (χ2v) is 9.08. The number of hydrogen-bond donors (Lipinski definition) is 0. The third-order valence-electron chi connectivity index (χ3n) is 4.88. The largest absolute Gasteiger partial charge is 0.457 e. The van der Waals surface area contributed by atoms with Gasteiger partial charge in [0.15, 0.2) is 0 Å². The van der Waals surface area contributed by atoms with E-state index in [4.69, 9.17) is 4.74 Å². The van der Waals surface area contributed by atoms with E-state index < -0.39 is 10.0 Å². The average Bonchev–Trinajstić information content (AvgIpc) is 2.80. The molecule has 31 heavy (non-hydrogen) atoms. The zero-order valence-electron chi connectivity index (χ0n) is 17.2. The molecular weight excluding hydrogens is 406 g/mol. The van der Waals surface area contributed by atoms with Crippen LogP contribution in [-0.4, -0.2) is 8.42 Å². The summed E-state index contributed by atoms with van der Waals surface area (Å²) >= 11 is 0. The fraction of sp³-hybridized carbons (Fsp3) is 0.0769. The van der Waals surface area contributed by atoms with Crippen molar-refractivity contribution in [2.24, 2.45) is 0 Å². The number of nitrogens with zero attached hydrogens (tertiary/aromatic N) is 1. The van der Waals surface area contributed by atoms with Gasteiger partial charge in [0.1, 0.15) is 11.5 Å². The van der Waals surface area contributed by atoms with Gasteiger partial charge in [-0.05, 0) is 61.0 Å². The van der Waals surface area contributed by atoms with Gasteiger partial charge >= 0.3 is 0 Å². The lowest BCUT2D eigenvalue weighted by molar-refractivity contribution is 0.482. The number of benzene rings is 4. The quantitative estimate of drug-likeness (QED) is 0.352. The molecule has 4 nitrogen and oxygen atoms in total. The first kappa shape index (κ1) is 20.7. The third kappa shape index (κ3) is 4.95. The number of para-hydroxylation sites is 1. The summed E-state index contributed by atoms with van der Waals surface area (Å²) in [6, 6.07) is 33.1. The van der Waals surface area contributed by atoms with Gasteiger partial charge < -0.3 is 4.74 Å². The van der Waals surface area contributed by atoms with E-state index in [1.54, 1.807) is 36.4 Å². The first-order chi connectivity index (χ1) is 15.0. The molecule has 0 amide bonds. The molecule has 0 fully saturated rings. The van der Waals surface area contributed by atoms with Crippen LogP contribution in [0.1, 0.15) is 11.1 Å². The van der Waals surface area contributed by atoms with Gasteiger partial charge in [-0.2, -0.15) is 0 Å². The summed E-state index contributed by atoms with van der Waals surface area (Å²) in [5, 5.41) is 0. The van der Waals surface area contributed by atoms with Crippen molar-refractivity contribution in [2.75, 3.05) is 4.31 Å². The van der Waals surface area contributed by atoms with Gasteiger partial charge in [-0.25, -0.2) is 8.42 Å². The van der Waals surface area contributed by atoms with Crippen molar-refractivity contribution in [3.8, 4) is 11.5 Å². The topological polar surface area (TPSA) is 46.6 Å². The predicted molar refractivity (Wildman–Crippen MR) is 124 cm³/mol. The monoisotopic (exact) mass is 429 g/mol. The molecule has 0 aliphatic carbocycles. The summed E-state index contributed by atoms with van der Waals surface area (Å²) in [6.45, 7) is 2.17. The smallest absolute Gasteiger partial charge is 0.264 e. The van der Waals surface area contributed by atoms with Gasteiger partial charge in [-0.1, -0.05) is 66.2 Å². The van der Waals surface area contributed by atoms with Crippen molar-refractivity contribution in [1.29, 1.82) is 0 Å². The van der Waals surface area contributed by atoms with Crippen molar-refractivity contribution in [3.63, 3.8) is 0 Å². The molecule has 0 radical (unpaired) electrons. The maximum absolute atomic E-state index is 13.5. The van der Waals surface area contributed by atoms with E-state index in [0.29, 0.717) is 11.4 Å². The van der Waals surface area contributed by atoms with Gasteiger partial charge in [0, 0.05) is 0 Å². The highest BCUT2D eigenvalue weighted by molar-refractivity contribution is 7.92. The van der Waals surface area contributed by atoms with E-state index in [0.717, 1.165) is 16.9 Å². The number of rotatable bonds is 7. The zero-order valence-corrected chi connectivity index (χ0v) is 18.0. The number of anilines is 1. The molecule has 0 unspecified atom stereocenters. The zero-order chi connectivity index (χ0) is 21.7. The fourth-order valence-corrected chi connectivity index (χ4v) is 4.66. The van der Waals surface area contributed by atoms with E-state index in [-0.39, 0.29) is 11.4 Å². The van der Waals surface area contributed by atoms with E-state index in [1.807, 2.05) is 79.7 Å². The first-order valence-electron chi connectivity index (χ1n) is 9.99. The first-order valence-corrected chi connectivity index (χ1v) is 11.4. The third-order valence-corrected chi connectivity index (χ3v) is 6.67. The molecule has 4 rings (SSSR count). The van der Waals surface area contributed by atoms with E-state index >= 15 is 0 Å². The minimum absolute atomic E-state index is 0.232. The molecule has 0 saturated carbocycles. The van der Waals surface area contributed by atoms with Crippen LogP contribution >= 0.6 is 0 Å². The highest BCUT2D eigenvalue weighted by atomic mass is 32.2. The van der Waals surface area contributed by atoms with Crippen LogP contribution in [0.3, 0.4) is 0 Å². The van der Waals surface area contributed by atoms with Crippen LogP contribution < -0.4 is 9.04 Å². The molecule has 156 valence electrons. The van der Waals surface area contributed by atoms with E-state index in [9.17, 15) is 8.42 Å². The number of hydrogen-bond acceptors (Lipinski definition) is 3. The minimum atomic E-state index is -3.75. The Balaban J connectivity index is 1.68. The van der Waals surface area contributed by atoms with Gasteiger partial charge in [0.25, 0.3) is 10.0 Å². The Kier molecular flexibility index (Phi) is 6.05. The Morgan fingerprint density at radius 1 is 0.677 bits per heavy atom. The van der Waals surface area contributed by atoms with E-state index in [2.05, 4.69) is 0 Å². The highest BCUT2D eigenvalue weighted by Crippen LogP contribution is 2.29. The van der Waals surface area contributed by atoms with Crippen molar-refractivity contribution in [1.82, 2.24) is 0 Å². The second-order valence-electron chi connectivity index (χ2n) is 7.22. The van der Waals surface area contributed by atoms with Crippen molar-refractivity contribution in [2.45, 2.75) is 18.4 Å². The minimum Gasteiger partial charge on any atom is -0.457 e. The molecule has 0 atom stereocenters. The van der Waals surface area contributed by atoms with Gasteiger partial charge in [-0.15, -0.1) is 0 Å². The molecule has 0 aliphatic rings. The van der Waals surface area contributed by atoms with Crippen LogP contribution in [0.15, 0.2) is 114 Å². The van der Waals surface area contributed by atoms with Crippen LogP contribution in [0.2, 0.25) is 0 Å². The number of aryl methyl sites for hydroxylation is 1. The van der Waals surface area contributed by atoms with Gasteiger partial charge in [0.05, 0.1) is 17.1 Å². The summed E-state index contributed by atoms with van der Waals surface area (Å²) in [5.41, 5.74) is 2.49. The molecule has 0 saturated heterocycles. The molecule has 0 bridgehead atoms. The lowest BCUT2D eigenvalue weighted by Crippen LogP contribution is -2.30. The summed E-state index contributed by atoms with van der Waals surface area (Å²) < 4.78 is 34.3. The molecule has 0 N–H and O–H groups in total. The molecule has 4 aromatic carbocycles. The molecule has 0 aromatic heterocycles. The van der Waals surface area contributed by atoms with Crippen molar-refractivity contribution < 1.29 is 13.2 Å².